The number of nitrogens with two attached hydrogens (primary N) is 1. The molecule has 0 spiro atoms. The van der Waals surface area contributed by atoms with Crippen LogP contribution >= 0.6 is 0 Å². The molecule has 2 aromatic heterocycles. The summed E-state index contributed by atoms with van der Waals surface area (Å²) in [4.78, 5) is 4.57. The van der Waals surface area contributed by atoms with E-state index in [2.05, 4.69) is 11.1 Å². The van der Waals surface area contributed by atoms with Crippen LogP contribution in [0, 0.1) is 11.3 Å². The van der Waals surface area contributed by atoms with Crippen molar-refractivity contribution < 1.29 is 0 Å². The molecule has 0 bridgehead atoms. The summed E-state index contributed by atoms with van der Waals surface area (Å²) in [5.41, 5.74) is 10.6. The summed E-state index contributed by atoms with van der Waals surface area (Å²) in [5.74, 6) is 0. The van der Waals surface area contributed by atoms with Gasteiger partial charge in [0, 0.05) is 11.1 Å². The number of hydrogen-bond donors (Lipinski definition) is 1. The molecule has 2 heterocycles. The lowest BCUT2D eigenvalue weighted by molar-refractivity contribution is 1.28. The zero-order chi connectivity index (χ0) is 13.7. The van der Waals surface area contributed by atoms with Gasteiger partial charge >= 0.3 is 0 Å². The standard InChI is InChI=1S/C16H10N4/c17-9-11-7-10-8-12(18)5-6-14(10)20-15-4-2-1-3-13(15)19-16(11)20/h1-8H,18H2. The van der Waals surface area contributed by atoms with Gasteiger partial charge in [0.2, 0.25) is 0 Å². The fourth-order valence-corrected chi connectivity index (χ4v) is 2.65. The summed E-state index contributed by atoms with van der Waals surface area (Å²) < 4.78 is 2.02. The molecule has 4 rings (SSSR count). The summed E-state index contributed by atoms with van der Waals surface area (Å²) in [6, 6.07) is 17.6. The number of nitriles is 1. The molecule has 0 saturated carbocycles. The van der Waals surface area contributed by atoms with E-state index >= 15 is 0 Å². The maximum absolute atomic E-state index is 9.35. The van der Waals surface area contributed by atoms with E-state index in [1.54, 1.807) is 0 Å². The van der Waals surface area contributed by atoms with Crippen molar-refractivity contribution in [2.24, 2.45) is 0 Å². The SMILES string of the molecule is N#Cc1cc2cc(N)ccc2n2c1nc1ccccc12. The average molecular weight is 258 g/mol. The normalized spacial score (nSPS) is 11.2. The fourth-order valence-electron chi connectivity index (χ4n) is 2.65. The summed E-state index contributed by atoms with van der Waals surface area (Å²) in [6.45, 7) is 0. The Labute approximate surface area is 114 Å². The molecule has 4 aromatic rings. The smallest absolute Gasteiger partial charge is 0.156 e. The Morgan fingerprint density at radius 2 is 1.90 bits per heavy atom. The molecule has 0 atom stereocenters. The summed E-state index contributed by atoms with van der Waals surface area (Å²) >= 11 is 0. The third-order valence-electron chi connectivity index (χ3n) is 3.51. The first kappa shape index (κ1) is 10.8. The van der Waals surface area contributed by atoms with Gasteiger partial charge in [0.15, 0.2) is 5.65 Å². The second-order valence-electron chi connectivity index (χ2n) is 4.75. The van der Waals surface area contributed by atoms with Gasteiger partial charge in [-0.15, -0.1) is 0 Å². The molecular weight excluding hydrogens is 248 g/mol. The highest BCUT2D eigenvalue weighted by atomic mass is 15.0. The third-order valence-corrected chi connectivity index (χ3v) is 3.51. The van der Waals surface area contributed by atoms with Crippen LogP contribution in [0.5, 0.6) is 0 Å². The molecule has 0 aliphatic carbocycles. The second-order valence-corrected chi connectivity index (χ2v) is 4.75. The van der Waals surface area contributed by atoms with E-state index in [9.17, 15) is 5.26 Å². The maximum Gasteiger partial charge on any atom is 0.156 e. The van der Waals surface area contributed by atoms with Crippen LogP contribution in [-0.4, -0.2) is 9.38 Å². The molecule has 0 fully saturated rings. The highest BCUT2D eigenvalue weighted by Gasteiger charge is 2.12. The van der Waals surface area contributed by atoms with Gasteiger partial charge in [-0.1, -0.05) is 12.1 Å². The van der Waals surface area contributed by atoms with Crippen molar-refractivity contribution in [2.45, 2.75) is 0 Å². The zero-order valence-electron chi connectivity index (χ0n) is 10.5. The zero-order valence-corrected chi connectivity index (χ0v) is 10.5. The van der Waals surface area contributed by atoms with E-state index in [4.69, 9.17) is 5.73 Å². The van der Waals surface area contributed by atoms with Crippen LogP contribution < -0.4 is 5.73 Å². The van der Waals surface area contributed by atoms with Gasteiger partial charge < -0.3 is 5.73 Å². The van der Waals surface area contributed by atoms with Crippen molar-refractivity contribution in [1.29, 1.82) is 5.26 Å². The van der Waals surface area contributed by atoms with Crippen LogP contribution in [0.4, 0.5) is 5.69 Å². The van der Waals surface area contributed by atoms with Gasteiger partial charge in [0.05, 0.1) is 22.1 Å². The van der Waals surface area contributed by atoms with Crippen molar-refractivity contribution in [2.75, 3.05) is 5.73 Å². The molecular formula is C16H10N4. The van der Waals surface area contributed by atoms with Crippen molar-refractivity contribution >= 4 is 33.3 Å². The molecule has 4 nitrogen and oxygen atoms in total. The summed E-state index contributed by atoms with van der Waals surface area (Å²) in [6.07, 6.45) is 0. The number of anilines is 1. The van der Waals surface area contributed by atoms with E-state index in [0.717, 1.165) is 21.9 Å². The van der Waals surface area contributed by atoms with Gasteiger partial charge in [-0.25, -0.2) is 4.98 Å². The molecule has 20 heavy (non-hydrogen) atoms. The summed E-state index contributed by atoms with van der Waals surface area (Å²) in [7, 11) is 0. The fraction of sp³-hybridized carbons (Fsp3) is 0. The predicted molar refractivity (Wildman–Crippen MR) is 79.3 cm³/mol. The van der Waals surface area contributed by atoms with Crippen molar-refractivity contribution in [3.05, 3.63) is 54.1 Å². The number of aromatic nitrogens is 2. The molecule has 0 radical (unpaired) electrons. The Hall–Kier alpha value is -3.06. The van der Waals surface area contributed by atoms with Crippen LogP contribution in [-0.2, 0) is 0 Å². The molecule has 2 aromatic carbocycles. The monoisotopic (exact) mass is 258 g/mol. The molecule has 0 aliphatic rings. The molecule has 0 unspecified atom stereocenters. The Kier molecular flexibility index (Phi) is 2.01. The average Bonchev–Trinajstić information content (AvgIpc) is 2.85. The minimum atomic E-state index is 0.555. The van der Waals surface area contributed by atoms with Gasteiger partial charge in [0.1, 0.15) is 6.07 Å². The van der Waals surface area contributed by atoms with Crippen molar-refractivity contribution in [1.82, 2.24) is 9.38 Å². The van der Waals surface area contributed by atoms with Crippen LogP contribution in [0.2, 0.25) is 0 Å². The largest absolute Gasteiger partial charge is 0.399 e. The van der Waals surface area contributed by atoms with Gasteiger partial charge in [-0.3, -0.25) is 4.40 Å². The Balaban J connectivity index is 2.37. The number of hydrogen-bond acceptors (Lipinski definition) is 3. The van der Waals surface area contributed by atoms with Crippen LogP contribution in [0.1, 0.15) is 5.56 Å². The Bertz CT molecular complexity index is 1020. The maximum atomic E-state index is 9.35. The number of rotatable bonds is 0. The molecule has 0 aliphatic heterocycles. The molecule has 94 valence electrons. The van der Waals surface area contributed by atoms with Crippen LogP contribution in [0.3, 0.4) is 0 Å². The number of benzene rings is 2. The number of nitrogens with zero attached hydrogens (tertiary/aromatic N) is 3. The van der Waals surface area contributed by atoms with Crippen molar-refractivity contribution in [3.8, 4) is 6.07 Å². The van der Waals surface area contributed by atoms with Gasteiger partial charge in [-0.05, 0) is 36.4 Å². The van der Waals surface area contributed by atoms with E-state index in [0.29, 0.717) is 16.9 Å². The van der Waals surface area contributed by atoms with Crippen LogP contribution in [0.25, 0.3) is 27.6 Å². The number of para-hydroxylation sites is 2. The number of nitrogen functional groups attached to an aromatic ring is 1. The molecule has 0 amide bonds. The van der Waals surface area contributed by atoms with Gasteiger partial charge in [0.25, 0.3) is 0 Å². The lowest BCUT2D eigenvalue weighted by atomic mass is 10.1. The molecule has 2 N–H and O–H groups in total. The van der Waals surface area contributed by atoms with E-state index in [1.807, 2.05) is 52.9 Å². The first-order chi connectivity index (χ1) is 9.78. The lowest BCUT2D eigenvalue weighted by Gasteiger charge is -2.05. The van der Waals surface area contributed by atoms with E-state index in [1.165, 1.54) is 0 Å². The highest BCUT2D eigenvalue weighted by Crippen LogP contribution is 2.26. The predicted octanol–water partition coefficient (Wildman–Crippen LogP) is 3.09. The van der Waals surface area contributed by atoms with E-state index in [-0.39, 0.29) is 0 Å². The Morgan fingerprint density at radius 3 is 2.75 bits per heavy atom. The topological polar surface area (TPSA) is 67.1 Å². The minimum absolute atomic E-state index is 0.555. The highest BCUT2D eigenvalue weighted by molar-refractivity contribution is 5.93. The van der Waals surface area contributed by atoms with Crippen molar-refractivity contribution in [3.63, 3.8) is 0 Å². The first-order valence-electron chi connectivity index (χ1n) is 6.27. The van der Waals surface area contributed by atoms with E-state index < -0.39 is 0 Å². The minimum Gasteiger partial charge on any atom is -0.399 e. The first-order valence-corrected chi connectivity index (χ1v) is 6.27. The number of fused-ring (bicyclic) bond motifs is 5. The Morgan fingerprint density at radius 1 is 1.05 bits per heavy atom. The second kappa shape index (κ2) is 3.72. The summed E-state index contributed by atoms with van der Waals surface area (Å²) in [5, 5.41) is 10.3. The molecule has 0 saturated heterocycles. The number of imidazole rings is 1. The van der Waals surface area contributed by atoms with Gasteiger partial charge in [-0.2, -0.15) is 5.26 Å². The lowest BCUT2D eigenvalue weighted by Crippen LogP contribution is -1.93. The molecule has 4 heteroatoms. The quantitative estimate of drug-likeness (QED) is 0.493. The van der Waals surface area contributed by atoms with Crippen LogP contribution in [0.15, 0.2) is 48.5 Å². The third kappa shape index (κ3) is 1.32. The number of pyridine rings is 1.